The van der Waals surface area contributed by atoms with Crippen molar-refractivity contribution in [2.75, 3.05) is 7.05 Å². The molecule has 4 nitrogen and oxygen atoms in total. The van der Waals surface area contributed by atoms with E-state index in [-0.39, 0.29) is 17.9 Å². The van der Waals surface area contributed by atoms with Gasteiger partial charge < -0.3 is 16.4 Å². The molecule has 0 aliphatic rings. The van der Waals surface area contributed by atoms with Gasteiger partial charge in [0, 0.05) is 19.0 Å². The van der Waals surface area contributed by atoms with Gasteiger partial charge in [-0.3, -0.25) is 4.79 Å². The van der Waals surface area contributed by atoms with E-state index in [0.717, 1.165) is 0 Å². The Balaban J connectivity index is 4.03. The summed E-state index contributed by atoms with van der Waals surface area (Å²) < 4.78 is 0. The molecule has 0 rings (SSSR count). The zero-order chi connectivity index (χ0) is 9.78. The summed E-state index contributed by atoms with van der Waals surface area (Å²) >= 11 is 4.88. The molecule has 0 heterocycles. The number of amides is 1. The SMILES string of the molecule is CNC(=S)NC(C)(C)CC(N)=O. The molecule has 0 bridgehead atoms. The molecule has 0 aromatic heterocycles. The molecule has 12 heavy (non-hydrogen) atoms. The first kappa shape index (κ1) is 11.2. The maximum absolute atomic E-state index is 10.6. The highest BCUT2D eigenvalue weighted by Gasteiger charge is 2.20. The summed E-state index contributed by atoms with van der Waals surface area (Å²) in [5, 5.41) is 6.23. The summed E-state index contributed by atoms with van der Waals surface area (Å²) in [5.41, 5.74) is 4.67. The van der Waals surface area contributed by atoms with Gasteiger partial charge >= 0.3 is 0 Å². The second kappa shape index (κ2) is 4.25. The highest BCUT2D eigenvalue weighted by atomic mass is 32.1. The Bertz CT molecular complexity index is 191. The summed E-state index contributed by atoms with van der Waals surface area (Å²) in [6.45, 7) is 3.72. The molecular formula is C7H15N3OS. The minimum absolute atomic E-state index is 0.259. The van der Waals surface area contributed by atoms with Crippen LogP contribution in [0.5, 0.6) is 0 Å². The smallest absolute Gasteiger partial charge is 0.219 e. The quantitative estimate of drug-likeness (QED) is 0.535. The topological polar surface area (TPSA) is 67.2 Å². The number of rotatable bonds is 3. The molecule has 0 radical (unpaired) electrons. The molecule has 0 spiro atoms. The Kier molecular flexibility index (Phi) is 3.95. The van der Waals surface area contributed by atoms with Crippen molar-refractivity contribution < 1.29 is 4.79 Å². The molecule has 1 amide bonds. The maximum Gasteiger partial charge on any atom is 0.219 e. The highest BCUT2D eigenvalue weighted by Crippen LogP contribution is 2.06. The molecule has 70 valence electrons. The van der Waals surface area contributed by atoms with Crippen LogP contribution in [0, 0.1) is 0 Å². The van der Waals surface area contributed by atoms with E-state index in [4.69, 9.17) is 18.0 Å². The summed E-state index contributed by atoms with van der Waals surface area (Å²) in [4.78, 5) is 10.6. The van der Waals surface area contributed by atoms with Gasteiger partial charge in [-0.25, -0.2) is 0 Å². The Morgan fingerprint density at radius 3 is 2.42 bits per heavy atom. The van der Waals surface area contributed by atoms with Crippen LogP contribution in [-0.4, -0.2) is 23.6 Å². The number of carbonyl (C=O) groups excluding carboxylic acids is 1. The number of primary amides is 1. The first-order valence-corrected chi connectivity index (χ1v) is 4.06. The van der Waals surface area contributed by atoms with E-state index in [0.29, 0.717) is 5.11 Å². The van der Waals surface area contributed by atoms with Gasteiger partial charge in [0.15, 0.2) is 5.11 Å². The molecule has 0 aliphatic heterocycles. The molecule has 0 saturated heterocycles. The number of thiocarbonyl (C=S) groups is 1. The van der Waals surface area contributed by atoms with Crippen LogP contribution in [0.3, 0.4) is 0 Å². The van der Waals surface area contributed by atoms with Crippen molar-refractivity contribution in [2.45, 2.75) is 25.8 Å². The average molecular weight is 189 g/mol. The maximum atomic E-state index is 10.6. The van der Waals surface area contributed by atoms with E-state index >= 15 is 0 Å². The van der Waals surface area contributed by atoms with Gasteiger partial charge in [0.05, 0.1) is 0 Å². The van der Waals surface area contributed by atoms with E-state index in [9.17, 15) is 4.79 Å². The molecule has 4 N–H and O–H groups in total. The van der Waals surface area contributed by atoms with Crippen molar-refractivity contribution in [3.63, 3.8) is 0 Å². The fraction of sp³-hybridized carbons (Fsp3) is 0.714. The van der Waals surface area contributed by atoms with Crippen LogP contribution in [0.15, 0.2) is 0 Å². The monoisotopic (exact) mass is 189 g/mol. The van der Waals surface area contributed by atoms with Crippen molar-refractivity contribution in [3.8, 4) is 0 Å². The number of nitrogens with one attached hydrogen (secondary N) is 2. The van der Waals surface area contributed by atoms with E-state index in [1.165, 1.54) is 0 Å². The highest BCUT2D eigenvalue weighted by molar-refractivity contribution is 7.80. The molecule has 0 aliphatic carbocycles. The number of nitrogens with two attached hydrogens (primary N) is 1. The number of hydrogen-bond acceptors (Lipinski definition) is 2. The van der Waals surface area contributed by atoms with E-state index in [1.54, 1.807) is 7.05 Å². The zero-order valence-corrected chi connectivity index (χ0v) is 8.42. The average Bonchev–Trinajstić information content (AvgIpc) is 1.83. The van der Waals surface area contributed by atoms with Crippen LogP contribution in [0.1, 0.15) is 20.3 Å². The lowest BCUT2D eigenvalue weighted by Crippen LogP contribution is -2.49. The molecule has 0 aromatic carbocycles. The summed E-state index contributed by atoms with van der Waals surface area (Å²) in [6, 6.07) is 0. The van der Waals surface area contributed by atoms with Crippen molar-refractivity contribution in [1.29, 1.82) is 0 Å². The van der Waals surface area contributed by atoms with Crippen molar-refractivity contribution in [1.82, 2.24) is 10.6 Å². The molecule has 0 fully saturated rings. The molecule has 0 unspecified atom stereocenters. The van der Waals surface area contributed by atoms with Gasteiger partial charge in [-0.2, -0.15) is 0 Å². The predicted octanol–water partition coefficient (Wildman–Crippen LogP) is -0.266. The molecule has 0 atom stereocenters. The second-order valence-corrected chi connectivity index (χ2v) is 3.64. The van der Waals surface area contributed by atoms with Crippen molar-refractivity contribution in [3.05, 3.63) is 0 Å². The Labute approximate surface area is 77.9 Å². The van der Waals surface area contributed by atoms with Crippen LogP contribution in [0.25, 0.3) is 0 Å². The van der Waals surface area contributed by atoms with E-state index in [1.807, 2.05) is 13.8 Å². The van der Waals surface area contributed by atoms with Gasteiger partial charge in [-0.15, -0.1) is 0 Å². The van der Waals surface area contributed by atoms with Crippen molar-refractivity contribution in [2.24, 2.45) is 5.73 Å². The zero-order valence-electron chi connectivity index (χ0n) is 7.60. The summed E-state index contributed by atoms with van der Waals surface area (Å²) in [6.07, 6.45) is 0.259. The van der Waals surface area contributed by atoms with Crippen LogP contribution in [0.4, 0.5) is 0 Å². The molecule has 5 heteroatoms. The minimum Gasteiger partial charge on any atom is -0.370 e. The first-order valence-electron chi connectivity index (χ1n) is 3.65. The largest absolute Gasteiger partial charge is 0.370 e. The van der Waals surface area contributed by atoms with E-state index < -0.39 is 0 Å². The number of hydrogen-bond donors (Lipinski definition) is 3. The molecular weight excluding hydrogens is 174 g/mol. The van der Waals surface area contributed by atoms with Gasteiger partial charge in [0.25, 0.3) is 0 Å². The van der Waals surface area contributed by atoms with E-state index in [2.05, 4.69) is 10.6 Å². The molecule has 0 aromatic rings. The van der Waals surface area contributed by atoms with Gasteiger partial charge in [-0.1, -0.05) is 0 Å². The van der Waals surface area contributed by atoms with Crippen LogP contribution in [-0.2, 0) is 4.79 Å². The van der Waals surface area contributed by atoms with Crippen LogP contribution in [0.2, 0.25) is 0 Å². The number of carbonyl (C=O) groups is 1. The van der Waals surface area contributed by atoms with Gasteiger partial charge in [0.1, 0.15) is 0 Å². The fourth-order valence-electron chi connectivity index (χ4n) is 0.850. The van der Waals surface area contributed by atoms with Crippen LogP contribution < -0.4 is 16.4 Å². The summed E-state index contributed by atoms with van der Waals surface area (Å²) in [5.74, 6) is -0.341. The lowest BCUT2D eigenvalue weighted by molar-refractivity contribution is -0.119. The van der Waals surface area contributed by atoms with Gasteiger partial charge in [0.2, 0.25) is 5.91 Å². The Morgan fingerprint density at radius 2 is 2.08 bits per heavy atom. The lowest BCUT2D eigenvalue weighted by atomic mass is 10.0. The Hall–Kier alpha value is -0.840. The van der Waals surface area contributed by atoms with Crippen LogP contribution >= 0.6 is 12.2 Å². The lowest BCUT2D eigenvalue weighted by Gasteiger charge is -2.25. The first-order chi connectivity index (χ1) is 5.37. The minimum atomic E-state index is -0.383. The third-order valence-corrected chi connectivity index (χ3v) is 1.60. The predicted molar refractivity (Wildman–Crippen MR) is 52.7 cm³/mol. The van der Waals surface area contributed by atoms with Crippen molar-refractivity contribution >= 4 is 23.2 Å². The third kappa shape index (κ3) is 4.90. The van der Waals surface area contributed by atoms with Gasteiger partial charge in [-0.05, 0) is 26.1 Å². The standard InChI is InChI=1S/C7H15N3OS/c1-7(2,4-5(8)11)10-6(12)9-3/h4H2,1-3H3,(H2,8,11)(H2,9,10,12). The second-order valence-electron chi connectivity index (χ2n) is 3.23. The normalized spacial score (nSPS) is 10.6. The summed E-state index contributed by atoms with van der Waals surface area (Å²) in [7, 11) is 1.72. The fourth-order valence-corrected chi connectivity index (χ4v) is 1.13. The molecule has 0 saturated carbocycles. The Morgan fingerprint density at radius 1 is 1.58 bits per heavy atom. The third-order valence-electron chi connectivity index (χ3n) is 1.30.